The van der Waals surface area contributed by atoms with Crippen LogP contribution in [-0.2, 0) is 12.1 Å². The van der Waals surface area contributed by atoms with Crippen LogP contribution < -0.4 is 10.6 Å². The Labute approximate surface area is 143 Å². The van der Waals surface area contributed by atoms with Gasteiger partial charge in [0, 0.05) is 17.7 Å². The minimum Gasteiger partial charge on any atom is -0.463 e. The third-order valence-corrected chi connectivity index (χ3v) is 3.80. The summed E-state index contributed by atoms with van der Waals surface area (Å²) in [6, 6.07) is 5.06. The van der Waals surface area contributed by atoms with Crippen LogP contribution in [0.2, 0.25) is 0 Å². The van der Waals surface area contributed by atoms with E-state index in [2.05, 4.69) is 15.7 Å². The van der Waals surface area contributed by atoms with Crippen molar-refractivity contribution in [3.05, 3.63) is 46.9 Å². The molecule has 0 bridgehead atoms. The van der Waals surface area contributed by atoms with E-state index in [1.165, 1.54) is 24.3 Å². The fourth-order valence-corrected chi connectivity index (χ4v) is 2.67. The molecule has 128 valence electrons. The van der Waals surface area contributed by atoms with Crippen molar-refractivity contribution in [3.8, 4) is 0 Å². The van der Waals surface area contributed by atoms with Crippen molar-refractivity contribution in [3.63, 3.8) is 0 Å². The highest BCUT2D eigenvalue weighted by Gasteiger charge is 2.38. The van der Waals surface area contributed by atoms with Gasteiger partial charge in [-0.15, -0.1) is 17.5 Å². The van der Waals surface area contributed by atoms with Crippen LogP contribution in [0, 0.1) is 5.82 Å². The average molecular weight is 355 g/mol. The van der Waals surface area contributed by atoms with E-state index in [4.69, 9.17) is 0 Å². The summed E-state index contributed by atoms with van der Waals surface area (Å²) in [6.07, 6.45) is -1.22. The lowest BCUT2D eigenvalue weighted by atomic mass is 10.0. The van der Waals surface area contributed by atoms with Crippen LogP contribution in [0.15, 0.2) is 24.3 Å². The van der Waals surface area contributed by atoms with Crippen molar-refractivity contribution in [2.75, 3.05) is 5.32 Å². The fourth-order valence-electron chi connectivity index (χ4n) is 2.67. The van der Waals surface area contributed by atoms with Crippen LogP contribution in [0.1, 0.15) is 35.5 Å². The Kier molecular flexibility index (Phi) is 4.63. The molecule has 1 amide bonds. The third-order valence-electron chi connectivity index (χ3n) is 3.80. The number of hydrogen-bond donors (Lipinski definition) is 3. The number of rotatable bonds is 2. The van der Waals surface area contributed by atoms with Crippen LogP contribution in [0.5, 0.6) is 0 Å². The normalized spacial score (nSPS) is 14.6. The van der Waals surface area contributed by atoms with Crippen LogP contribution in [0.3, 0.4) is 0 Å². The van der Waals surface area contributed by atoms with Gasteiger partial charge in [0.25, 0.3) is 5.91 Å². The van der Waals surface area contributed by atoms with E-state index in [0.29, 0.717) is 17.8 Å². The second kappa shape index (κ2) is 6.21. The van der Waals surface area contributed by atoms with Crippen molar-refractivity contribution in [2.24, 2.45) is 0 Å². The molecule has 2 aromatic rings. The molecule has 0 radical (unpaired) electrons. The SMILES string of the molecule is CC1(C)NCc2c(NC(=O)c3ccc(F)cc3)nn(C(=O)O)c21.Cl. The van der Waals surface area contributed by atoms with Gasteiger partial charge in [-0.3, -0.25) is 4.79 Å². The highest BCUT2D eigenvalue weighted by atomic mass is 35.5. The van der Waals surface area contributed by atoms with Gasteiger partial charge in [-0.2, -0.15) is 4.68 Å². The van der Waals surface area contributed by atoms with Gasteiger partial charge in [-0.1, -0.05) is 0 Å². The lowest BCUT2D eigenvalue weighted by Gasteiger charge is -2.19. The summed E-state index contributed by atoms with van der Waals surface area (Å²) in [5.41, 5.74) is 0.821. The number of nitrogens with zero attached hydrogens (tertiary/aromatic N) is 2. The molecule has 24 heavy (non-hydrogen) atoms. The topological polar surface area (TPSA) is 96.2 Å². The summed E-state index contributed by atoms with van der Waals surface area (Å²) in [5, 5.41) is 19.0. The number of fused-ring (bicyclic) bond motifs is 1. The molecule has 2 heterocycles. The average Bonchev–Trinajstić information content (AvgIpc) is 2.99. The minimum atomic E-state index is -1.22. The first kappa shape index (κ1) is 17.9. The molecule has 0 spiro atoms. The number of hydrogen-bond acceptors (Lipinski definition) is 4. The van der Waals surface area contributed by atoms with E-state index in [1.54, 1.807) is 0 Å². The summed E-state index contributed by atoms with van der Waals surface area (Å²) in [5.74, 6) is -0.731. The number of amides is 1. The predicted octanol–water partition coefficient (Wildman–Crippen LogP) is 2.56. The Morgan fingerprint density at radius 3 is 2.54 bits per heavy atom. The molecule has 1 aliphatic heterocycles. The third kappa shape index (κ3) is 2.98. The van der Waals surface area contributed by atoms with E-state index in [9.17, 15) is 19.1 Å². The first-order valence-corrected chi connectivity index (χ1v) is 6.97. The quantitative estimate of drug-likeness (QED) is 0.770. The number of anilines is 1. The van der Waals surface area contributed by atoms with Crippen molar-refractivity contribution >= 4 is 30.2 Å². The van der Waals surface area contributed by atoms with E-state index in [0.717, 1.165) is 4.68 Å². The molecule has 1 aromatic heterocycles. The van der Waals surface area contributed by atoms with Gasteiger partial charge in [0.1, 0.15) is 5.82 Å². The summed E-state index contributed by atoms with van der Waals surface area (Å²) >= 11 is 0. The lowest BCUT2D eigenvalue weighted by Crippen LogP contribution is -2.33. The number of carbonyl (C=O) groups is 2. The summed E-state index contributed by atoms with van der Waals surface area (Å²) in [7, 11) is 0. The Bertz CT molecular complexity index is 802. The molecule has 3 rings (SSSR count). The zero-order valence-electron chi connectivity index (χ0n) is 13.0. The number of carbonyl (C=O) groups excluding carboxylic acids is 1. The number of nitrogens with one attached hydrogen (secondary N) is 2. The number of halogens is 2. The zero-order valence-corrected chi connectivity index (χ0v) is 13.8. The zero-order chi connectivity index (χ0) is 16.8. The molecule has 0 saturated heterocycles. The second-order valence-corrected chi connectivity index (χ2v) is 5.81. The molecule has 1 aliphatic rings. The van der Waals surface area contributed by atoms with Crippen LogP contribution in [-0.4, -0.2) is 26.9 Å². The van der Waals surface area contributed by atoms with Crippen LogP contribution in [0.4, 0.5) is 15.0 Å². The molecule has 0 atom stereocenters. The minimum absolute atomic E-state index is 0. The summed E-state index contributed by atoms with van der Waals surface area (Å²) < 4.78 is 13.8. The highest BCUT2D eigenvalue weighted by Crippen LogP contribution is 2.35. The van der Waals surface area contributed by atoms with E-state index >= 15 is 0 Å². The Balaban J connectivity index is 0.00000208. The first-order valence-electron chi connectivity index (χ1n) is 6.97. The highest BCUT2D eigenvalue weighted by molar-refractivity contribution is 6.04. The van der Waals surface area contributed by atoms with Crippen LogP contribution in [0.25, 0.3) is 0 Å². The van der Waals surface area contributed by atoms with E-state index in [-0.39, 0.29) is 23.8 Å². The first-order chi connectivity index (χ1) is 10.8. The predicted molar refractivity (Wildman–Crippen MR) is 87.1 cm³/mol. The van der Waals surface area contributed by atoms with Gasteiger partial charge in [-0.25, -0.2) is 9.18 Å². The van der Waals surface area contributed by atoms with Crippen molar-refractivity contribution < 1.29 is 19.1 Å². The lowest BCUT2D eigenvalue weighted by molar-refractivity contribution is 0.102. The summed E-state index contributed by atoms with van der Waals surface area (Å²) in [4.78, 5) is 23.6. The Morgan fingerprint density at radius 1 is 1.33 bits per heavy atom. The molecule has 1 aromatic carbocycles. The van der Waals surface area contributed by atoms with Crippen LogP contribution >= 0.6 is 12.4 Å². The van der Waals surface area contributed by atoms with Crippen molar-refractivity contribution in [1.82, 2.24) is 15.1 Å². The maximum absolute atomic E-state index is 12.9. The molecule has 0 unspecified atom stereocenters. The van der Waals surface area contributed by atoms with Crippen molar-refractivity contribution in [2.45, 2.75) is 25.9 Å². The molecule has 3 N–H and O–H groups in total. The Hall–Kier alpha value is -2.45. The molecule has 0 aliphatic carbocycles. The maximum Gasteiger partial charge on any atom is 0.432 e. The molecular weight excluding hydrogens is 339 g/mol. The van der Waals surface area contributed by atoms with E-state index < -0.39 is 23.4 Å². The van der Waals surface area contributed by atoms with Gasteiger partial charge in [0.15, 0.2) is 5.82 Å². The molecule has 0 fully saturated rings. The molecule has 0 saturated carbocycles. The largest absolute Gasteiger partial charge is 0.463 e. The van der Waals surface area contributed by atoms with Crippen molar-refractivity contribution in [1.29, 1.82) is 0 Å². The van der Waals surface area contributed by atoms with Gasteiger partial charge in [-0.05, 0) is 38.1 Å². The molecular formula is C15H16ClFN4O3. The Morgan fingerprint density at radius 2 is 1.96 bits per heavy atom. The number of benzene rings is 1. The molecule has 7 nitrogen and oxygen atoms in total. The second-order valence-electron chi connectivity index (χ2n) is 5.81. The van der Waals surface area contributed by atoms with Gasteiger partial charge in [0.05, 0.1) is 11.2 Å². The maximum atomic E-state index is 12.9. The number of carboxylic acid groups (broad SMARTS) is 1. The van der Waals surface area contributed by atoms with Gasteiger partial charge < -0.3 is 15.7 Å². The van der Waals surface area contributed by atoms with Gasteiger partial charge in [0.2, 0.25) is 0 Å². The van der Waals surface area contributed by atoms with Gasteiger partial charge >= 0.3 is 6.09 Å². The molecule has 9 heteroatoms. The fraction of sp³-hybridized carbons (Fsp3) is 0.267. The summed E-state index contributed by atoms with van der Waals surface area (Å²) in [6.45, 7) is 4.08. The smallest absolute Gasteiger partial charge is 0.432 e. The van der Waals surface area contributed by atoms with E-state index in [1.807, 2.05) is 13.8 Å². The standard InChI is InChI=1S/C15H15FN4O3.ClH/c1-15(2)11-10(7-17-15)12(19-20(11)14(22)23)18-13(21)8-3-5-9(16)6-4-8;/h3-6,17H,7H2,1-2H3,(H,22,23)(H,18,19,21);1H. The monoisotopic (exact) mass is 354 g/mol. The number of aromatic nitrogens is 2.